The summed E-state index contributed by atoms with van der Waals surface area (Å²) in [5, 5.41) is 20.6. The summed E-state index contributed by atoms with van der Waals surface area (Å²) in [7, 11) is 1.50. The fraction of sp³-hybridized carbons (Fsp3) is 0.667. The number of ether oxygens (including phenoxy) is 2. The van der Waals surface area contributed by atoms with E-state index < -0.39 is 17.8 Å². The number of rotatable bonds is 4. The Kier molecular flexibility index (Phi) is 5.17. The normalized spacial score (nSPS) is 43.3. The molecular weight excluding hydrogens is 332 g/mol. The molecule has 1 heterocycles. The Bertz CT molecular complexity index is 651. The molecule has 0 saturated heterocycles. The van der Waals surface area contributed by atoms with Crippen LogP contribution in [-0.2, 0) is 14.3 Å². The van der Waals surface area contributed by atoms with E-state index in [1.807, 2.05) is 13.0 Å². The molecule has 144 valence electrons. The standard InChI is InChI=1S/C21H30O5/c1-13-5-8-16-20(2,10-9-17(23)21(16,3)12-22)15(13)7-6-14-11-18(25-4)26-19(14)24/h6-7,11,15-18,22-23H,1,5,8-10,12H2,2-4H3/b7-6+/t15-,16?,17-,18?,20+,21+/m1/s1. The van der Waals surface area contributed by atoms with Gasteiger partial charge in [-0.25, -0.2) is 4.79 Å². The van der Waals surface area contributed by atoms with Crippen LogP contribution in [0, 0.1) is 22.7 Å². The molecule has 5 nitrogen and oxygen atoms in total. The van der Waals surface area contributed by atoms with E-state index in [4.69, 9.17) is 9.47 Å². The van der Waals surface area contributed by atoms with E-state index in [1.165, 1.54) is 7.11 Å². The van der Waals surface area contributed by atoms with Crippen LogP contribution in [0.25, 0.3) is 0 Å². The second-order valence-electron chi connectivity index (χ2n) is 8.44. The van der Waals surface area contributed by atoms with Gasteiger partial charge in [0.15, 0.2) is 0 Å². The molecule has 0 radical (unpaired) electrons. The largest absolute Gasteiger partial charge is 0.428 e. The summed E-state index contributed by atoms with van der Waals surface area (Å²) >= 11 is 0. The van der Waals surface area contributed by atoms with Crippen LogP contribution in [-0.4, -0.2) is 42.3 Å². The van der Waals surface area contributed by atoms with Crippen LogP contribution in [0.5, 0.6) is 0 Å². The van der Waals surface area contributed by atoms with Crippen molar-refractivity contribution < 1.29 is 24.5 Å². The van der Waals surface area contributed by atoms with Crippen LogP contribution < -0.4 is 0 Å². The van der Waals surface area contributed by atoms with Crippen LogP contribution in [0.2, 0.25) is 0 Å². The third-order valence-electron chi connectivity index (χ3n) is 7.03. The smallest absolute Gasteiger partial charge is 0.340 e. The summed E-state index contributed by atoms with van der Waals surface area (Å²) in [6.45, 7) is 8.49. The molecule has 1 aliphatic heterocycles. The van der Waals surface area contributed by atoms with Crippen molar-refractivity contribution in [1.82, 2.24) is 0 Å². The first-order valence-corrected chi connectivity index (χ1v) is 9.36. The quantitative estimate of drug-likeness (QED) is 0.594. The van der Waals surface area contributed by atoms with E-state index in [1.54, 1.807) is 6.08 Å². The summed E-state index contributed by atoms with van der Waals surface area (Å²) < 4.78 is 10.2. The van der Waals surface area contributed by atoms with E-state index in [0.29, 0.717) is 12.0 Å². The van der Waals surface area contributed by atoms with E-state index in [-0.39, 0.29) is 29.8 Å². The number of aliphatic hydroxyl groups is 2. The van der Waals surface area contributed by atoms with Crippen molar-refractivity contribution in [3.63, 3.8) is 0 Å². The summed E-state index contributed by atoms with van der Waals surface area (Å²) in [5.41, 5.74) is 1.03. The lowest BCUT2D eigenvalue weighted by atomic mass is 9.46. The van der Waals surface area contributed by atoms with E-state index >= 15 is 0 Å². The first kappa shape index (κ1) is 19.3. The predicted octanol–water partition coefficient (Wildman–Crippen LogP) is 2.74. The van der Waals surface area contributed by atoms with E-state index in [9.17, 15) is 15.0 Å². The molecule has 0 aromatic heterocycles. The highest BCUT2D eigenvalue weighted by Crippen LogP contribution is 2.61. The number of cyclic esters (lactones) is 1. The van der Waals surface area contributed by atoms with Gasteiger partial charge in [-0.1, -0.05) is 38.2 Å². The van der Waals surface area contributed by atoms with Gasteiger partial charge in [0, 0.05) is 18.4 Å². The van der Waals surface area contributed by atoms with Gasteiger partial charge < -0.3 is 19.7 Å². The molecule has 2 unspecified atom stereocenters. The number of methoxy groups -OCH3 is 1. The second-order valence-corrected chi connectivity index (χ2v) is 8.44. The van der Waals surface area contributed by atoms with Crippen LogP contribution >= 0.6 is 0 Å². The van der Waals surface area contributed by atoms with Gasteiger partial charge in [-0.05, 0) is 43.1 Å². The van der Waals surface area contributed by atoms with Crippen LogP contribution in [0.4, 0.5) is 0 Å². The SMILES string of the molecule is C=C1CCC2[C@](C)(CO)[C@H](O)CC[C@@]2(C)[C@@H]1/C=C/C1=CC(OC)OC1=O. The van der Waals surface area contributed by atoms with Gasteiger partial charge >= 0.3 is 5.97 Å². The highest BCUT2D eigenvalue weighted by Gasteiger charge is 2.57. The molecule has 2 fully saturated rings. The average Bonchev–Trinajstić information content (AvgIpc) is 2.98. The molecule has 2 N–H and O–H groups in total. The summed E-state index contributed by atoms with van der Waals surface area (Å²) in [6.07, 6.45) is 7.74. The molecule has 26 heavy (non-hydrogen) atoms. The molecule has 5 heteroatoms. The average molecular weight is 362 g/mol. The van der Waals surface area contributed by atoms with E-state index in [2.05, 4.69) is 19.6 Å². The summed E-state index contributed by atoms with van der Waals surface area (Å²) in [5.74, 6) is -0.0921. The van der Waals surface area contributed by atoms with Crippen LogP contribution in [0.1, 0.15) is 39.5 Å². The molecule has 2 aliphatic carbocycles. The number of fused-ring (bicyclic) bond motifs is 1. The molecule has 0 aromatic rings. The third-order valence-corrected chi connectivity index (χ3v) is 7.03. The Morgan fingerprint density at radius 3 is 2.77 bits per heavy atom. The Balaban J connectivity index is 1.90. The maximum Gasteiger partial charge on any atom is 0.340 e. The molecule has 0 bridgehead atoms. The number of carbonyl (C=O) groups excluding carboxylic acids is 1. The minimum Gasteiger partial charge on any atom is -0.428 e. The Hall–Kier alpha value is -1.43. The minimum atomic E-state index is -0.623. The van der Waals surface area contributed by atoms with Crippen molar-refractivity contribution in [3.05, 3.63) is 36.0 Å². The molecule has 0 amide bonds. The van der Waals surface area contributed by atoms with Crippen molar-refractivity contribution in [1.29, 1.82) is 0 Å². The zero-order valence-electron chi connectivity index (χ0n) is 15.9. The topological polar surface area (TPSA) is 76.0 Å². The van der Waals surface area contributed by atoms with Crippen molar-refractivity contribution in [2.24, 2.45) is 22.7 Å². The van der Waals surface area contributed by atoms with Gasteiger partial charge in [0.25, 0.3) is 0 Å². The number of allylic oxidation sites excluding steroid dienone is 2. The third kappa shape index (κ3) is 2.96. The van der Waals surface area contributed by atoms with E-state index in [0.717, 1.165) is 24.8 Å². The maximum absolute atomic E-state index is 11.9. The number of hydrogen-bond acceptors (Lipinski definition) is 5. The lowest BCUT2D eigenvalue weighted by Gasteiger charge is -2.59. The molecule has 0 aromatic carbocycles. The zero-order valence-corrected chi connectivity index (χ0v) is 15.9. The number of hydrogen-bond donors (Lipinski definition) is 2. The van der Waals surface area contributed by atoms with Crippen molar-refractivity contribution in [2.45, 2.75) is 51.9 Å². The minimum absolute atomic E-state index is 0.0235. The summed E-state index contributed by atoms with van der Waals surface area (Å²) in [4.78, 5) is 11.9. The number of carbonyl (C=O) groups is 1. The first-order chi connectivity index (χ1) is 12.3. The molecule has 0 spiro atoms. The highest BCUT2D eigenvalue weighted by atomic mass is 16.7. The molecular formula is C21H30O5. The molecule has 2 saturated carbocycles. The Morgan fingerprint density at radius 2 is 2.15 bits per heavy atom. The van der Waals surface area contributed by atoms with Crippen molar-refractivity contribution in [2.75, 3.05) is 13.7 Å². The van der Waals surface area contributed by atoms with Gasteiger partial charge in [-0.2, -0.15) is 0 Å². The zero-order chi connectivity index (χ0) is 19.1. The second kappa shape index (κ2) is 6.95. The van der Waals surface area contributed by atoms with Crippen molar-refractivity contribution in [3.8, 4) is 0 Å². The van der Waals surface area contributed by atoms with Gasteiger partial charge in [-0.15, -0.1) is 0 Å². The Morgan fingerprint density at radius 1 is 1.42 bits per heavy atom. The fourth-order valence-electron chi connectivity index (χ4n) is 5.35. The van der Waals surface area contributed by atoms with Crippen molar-refractivity contribution >= 4 is 5.97 Å². The lowest BCUT2D eigenvalue weighted by Crippen LogP contribution is -2.57. The number of esters is 1. The fourth-order valence-corrected chi connectivity index (χ4v) is 5.35. The summed E-state index contributed by atoms with van der Waals surface area (Å²) in [6, 6.07) is 0. The monoisotopic (exact) mass is 362 g/mol. The predicted molar refractivity (Wildman–Crippen MR) is 98.0 cm³/mol. The molecule has 3 aliphatic rings. The van der Waals surface area contributed by atoms with Gasteiger partial charge in [0.1, 0.15) is 0 Å². The van der Waals surface area contributed by atoms with Gasteiger partial charge in [0.05, 0.1) is 18.3 Å². The maximum atomic E-state index is 11.9. The Labute approximate surface area is 155 Å². The van der Waals surface area contributed by atoms with Crippen LogP contribution in [0.15, 0.2) is 36.0 Å². The lowest BCUT2D eigenvalue weighted by molar-refractivity contribution is -0.154. The number of aliphatic hydroxyl groups excluding tert-OH is 2. The highest BCUT2D eigenvalue weighted by molar-refractivity contribution is 5.93. The van der Waals surface area contributed by atoms with Crippen LogP contribution in [0.3, 0.4) is 0 Å². The molecule has 6 atom stereocenters. The van der Waals surface area contributed by atoms with Gasteiger partial charge in [-0.3, -0.25) is 0 Å². The first-order valence-electron chi connectivity index (χ1n) is 9.36. The molecule has 3 rings (SSSR count). The van der Waals surface area contributed by atoms with Gasteiger partial charge in [0.2, 0.25) is 6.29 Å².